The van der Waals surface area contributed by atoms with Crippen LogP contribution in [0.15, 0.2) is 48.2 Å². The van der Waals surface area contributed by atoms with Crippen LogP contribution in [-0.4, -0.2) is 57.2 Å². The van der Waals surface area contributed by atoms with Crippen molar-refractivity contribution in [3.63, 3.8) is 0 Å². The van der Waals surface area contributed by atoms with Gasteiger partial charge < -0.3 is 14.4 Å². The molecular formula is C24H27ClN2O4. The molecule has 0 bridgehead atoms. The summed E-state index contributed by atoms with van der Waals surface area (Å²) >= 11 is 6.14. The molecule has 1 aliphatic heterocycles. The molecule has 1 heterocycles. The number of benzene rings is 2. The van der Waals surface area contributed by atoms with Crippen molar-refractivity contribution in [1.29, 1.82) is 0 Å². The quantitative estimate of drug-likeness (QED) is 0.552. The standard InChI is InChI=1S/C24H27ClN2O4/c1-16-8-9-20(17(2)14-16)21-22(26(10-12-30-3)11-13-31-4)24(29)27(23(21)28)19-7-5-6-18(25)15-19/h5-9,14-15H,10-13H2,1-4H3. The van der Waals surface area contributed by atoms with Crippen LogP contribution in [0.1, 0.15) is 16.7 Å². The maximum absolute atomic E-state index is 13.6. The molecular weight excluding hydrogens is 416 g/mol. The van der Waals surface area contributed by atoms with E-state index in [2.05, 4.69) is 0 Å². The highest BCUT2D eigenvalue weighted by Crippen LogP contribution is 2.36. The smallest absolute Gasteiger partial charge is 0.282 e. The Balaban J connectivity index is 2.17. The van der Waals surface area contributed by atoms with E-state index in [0.717, 1.165) is 16.7 Å². The SMILES string of the molecule is COCCN(CCOC)C1=C(c2ccc(C)cc2C)C(=O)N(c2cccc(Cl)c2)C1=O. The summed E-state index contributed by atoms with van der Waals surface area (Å²) in [5.74, 6) is -0.747. The molecule has 0 unspecified atom stereocenters. The van der Waals surface area contributed by atoms with Crippen LogP contribution in [0.25, 0.3) is 5.57 Å². The van der Waals surface area contributed by atoms with Gasteiger partial charge >= 0.3 is 0 Å². The second-order valence-corrected chi connectivity index (χ2v) is 7.88. The molecule has 6 nitrogen and oxygen atoms in total. The number of carbonyl (C=O) groups is 2. The fraction of sp³-hybridized carbons (Fsp3) is 0.333. The van der Waals surface area contributed by atoms with Crippen LogP contribution in [0.3, 0.4) is 0 Å². The van der Waals surface area contributed by atoms with Gasteiger partial charge in [-0.2, -0.15) is 0 Å². The summed E-state index contributed by atoms with van der Waals surface area (Å²) in [6, 6.07) is 12.6. The Bertz CT molecular complexity index is 1010. The van der Waals surface area contributed by atoms with Crippen LogP contribution < -0.4 is 4.90 Å². The molecule has 3 rings (SSSR count). The van der Waals surface area contributed by atoms with Crippen LogP contribution in [-0.2, 0) is 19.1 Å². The zero-order valence-corrected chi connectivity index (χ0v) is 19.0. The minimum absolute atomic E-state index is 0.353. The van der Waals surface area contributed by atoms with E-state index >= 15 is 0 Å². The van der Waals surface area contributed by atoms with E-state index in [4.69, 9.17) is 21.1 Å². The molecule has 0 saturated heterocycles. The summed E-state index contributed by atoms with van der Waals surface area (Å²) in [7, 11) is 3.21. The molecule has 0 aromatic heterocycles. The van der Waals surface area contributed by atoms with Gasteiger partial charge in [-0.25, -0.2) is 4.90 Å². The number of aryl methyl sites for hydroxylation is 2. The van der Waals surface area contributed by atoms with Crippen molar-refractivity contribution in [3.05, 3.63) is 69.9 Å². The van der Waals surface area contributed by atoms with E-state index in [9.17, 15) is 9.59 Å². The molecule has 164 valence electrons. The topological polar surface area (TPSA) is 59.1 Å². The largest absolute Gasteiger partial charge is 0.383 e. The molecule has 2 amide bonds. The van der Waals surface area contributed by atoms with Crippen LogP contribution in [0.5, 0.6) is 0 Å². The number of ether oxygens (including phenoxy) is 2. The first-order valence-corrected chi connectivity index (χ1v) is 10.5. The predicted molar refractivity (Wildman–Crippen MR) is 122 cm³/mol. The summed E-state index contributed by atoms with van der Waals surface area (Å²) < 4.78 is 10.5. The Kier molecular flexibility index (Phi) is 7.49. The highest BCUT2D eigenvalue weighted by Gasteiger charge is 2.42. The Morgan fingerprint density at radius 3 is 2.19 bits per heavy atom. The van der Waals surface area contributed by atoms with Crippen LogP contribution in [0.4, 0.5) is 5.69 Å². The summed E-state index contributed by atoms with van der Waals surface area (Å²) in [6.07, 6.45) is 0. The third-order valence-corrected chi connectivity index (χ3v) is 5.46. The number of hydrogen-bond donors (Lipinski definition) is 0. The molecule has 0 spiro atoms. The minimum atomic E-state index is -0.380. The van der Waals surface area contributed by atoms with Gasteiger partial charge in [0.1, 0.15) is 5.70 Å². The fourth-order valence-corrected chi connectivity index (χ4v) is 3.92. The molecule has 2 aromatic rings. The second-order valence-electron chi connectivity index (χ2n) is 7.44. The van der Waals surface area contributed by atoms with Gasteiger partial charge in [-0.3, -0.25) is 9.59 Å². The van der Waals surface area contributed by atoms with Gasteiger partial charge in [-0.05, 0) is 43.2 Å². The maximum Gasteiger partial charge on any atom is 0.282 e. The van der Waals surface area contributed by atoms with Crippen molar-refractivity contribution in [2.75, 3.05) is 45.4 Å². The van der Waals surface area contributed by atoms with Gasteiger partial charge in [0.25, 0.3) is 11.8 Å². The highest BCUT2D eigenvalue weighted by atomic mass is 35.5. The van der Waals surface area contributed by atoms with E-state index in [1.165, 1.54) is 4.90 Å². The zero-order valence-electron chi connectivity index (χ0n) is 18.3. The number of methoxy groups -OCH3 is 2. The van der Waals surface area contributed by atoms with Crippen molar-refractivity contribution in [2.45, 2.75) is 13.8 Å². The van der Waals surface area contributed by atoms with E-state index in [1.807, 2.05) is 36.9 Å². The summed E-state index contributed by atoms with van der Waals surface area (Å²) in [6.45, 7) is 5.66. The van der Waals surface area contributed by atoms with Gasteiger partial charge in [0.05, 0.1) is 24.5 Å². The summed E-state index contributed by atoms with van der Waals surface area (Å²) in [4.78, 5) is 30.3. The van der Waals surface area contributed by atoms with E-state index < -0.39 is 0 Å². The van der Waals surface area contributed by atoms with Crippen molar-refractivity contribution >= 4 is 34.7 Å². The zero-order chi connectivity index (χ0) is 22.5. The predicted octanol–water partition coefficient (Wildman–Crippen LogP) is 3.84. The monoisotopic (exact) mass is 442 g/mol. The van der Waals surface area contributed by atoms with Crippen LogP contribution >= 0.6 is 11.6 Å². The van der Waals surface area contributed by atoms with Crippen molar-refractivity contribution in [2.24, 2.45) is 0 Å². The molecule has 0 N–H and O–H groups in total. The first-order valence-electron chi connectivity index (χ1n) is 10.1. The second kappa shape index (κ2) is 10.1. The lowest BCUT2D eigenvalue weighted by molar-refractivity contribution is -0.120. The number of nitrogens with zero attached hydrogens (tertiary/aromatic N) is 2. The lowest BCUT2D eigenvalue weighted by Gasteiger charge is -2.26. The average molecular weight is 443 g/mol. The lowest BCUT2D eigenvalue weighted by Crippen LogP contribution is -2.37. The number of halogens is 1. The van der Waals surface area contributed by atoms with Gasteiger partial charge in [0.15, 0.2) is 0 Å². The lowest BCUT2D eigenvalue weighted by atomic mass is 9.97. The molecule has 0 saturated carbocycles. The number of imide groups is 1. The molecule has 2 aromatic carbocycles. The van der Waals surface area contributed by atoms with E-state index in [-0.39, 0.29) is 11.8 Å². The molecule has 1 aliphatic rings. The fourth-order valence-electron chi connectivity index (χ4n) is 3.74. The van der Waals surface area contributed by atoms with Gasteiger partial charge in [-0.15, -0.1) is 0 Å². The normalized spacial score (nSPS) is 14.0. The molecule has 7 heteroatoms. The average Bonchev–Trinajstić information content (AvgIpc) is 2.98. The van der Waals surface area contributed by atoms with Crippen molar-refractivity contribution in [1.82, 2.24) is 4.90 Å². The number of anilines is 1. The van der Waals surface area contributed by atoms with Gasteiger partial charge in [-0.1, -0.05) is 41.4 Å². The third kappa shape index (κ3) is 4.82. The molecule has 0 radical (unpaired) electrons. The third-order valence-electron chi connectivity index (χ3n) is 5.22. The van der Waals surface area contributed by atoms with Gasteiger partial charge in [0, 0.05) is 32.3 Å². The van der Waals surface area contributed by atoms with Gasteiger partial charge in [0.2, 0.25) is 0 Å². The Labute approximate surface area is 188 Å². The Hall–Kier alpha value is -2.67. The molecule has 0 aliphatic carbocycles. The number of carbonyl (C=O) groups excluding carboxylic acids is 2. The first-order chi connectivity index (χ1) is 14.9. The van der Waals surface area contributed by atoms with E-state index in [1.54, 1.807) is 38.5 Å². The highest BCUT2D eigenvalue weighted by molar-refractivity contribution is 6.45. The summed E-state index contributed by atoms with van der Waals surface area (Å²) in [5.41, 5.74) is 3.93. The molecule has 0 atom stereocenters. The number of amides is 2. The van der Waals surface area contributed by atoms with Crippen LogP contribution in [0, 0.1) is 13.8 Å². The molecule has 31 heavy (non-hydrogen) atoms. The maximum atomic E-state index is 13.6. The first kappa shape index (κ1) is 23.0. The minimum Gasteiger partial charge on any atom is -0.383 e. The van der Waals surface area contributed by atoms with Crippen molar-refractivity contribution < 1.29 is 19.1 Å². The van der Waals surface area contributed by atoms with Crippen LogP contribution in [0.2, 0.25) is 5.02 Å². The summed E-state index contributed by atoms with van der Waals surface area (Å²) in [5, 5.41) is 0.454. The van der Waals surface area contributed by atoms with Crippen molar-refractivity contribution in [3.8, 4) is 0 Å². The van der Waals surface area contributed by atoms with E-state index in [0.29, 0.717) is 48.3 Å². The molecule has 0 fully saturated rings. The number of rotatable bonds is 9. The Morgan fingerprint density at radius 1 is 0.935 bits per heavy atom. The number of hydrogen-bond acceptors (Lipinski definition) is 5. The Morgan fingerprint density at radius 2 is 1.61 bits per heavy atom.